The zero-order chi connectivity index (χ0) is 12.3. The monoisotopic (exact) mass is 247 g/mol. The SMILES string of the molecule is FC(F)(F)CNCc1cccc2c1OCCO2. The van der Waals surface area contributed by atoms with E-state index in [1.54, 1.807) is 18.2 Å². The first-order valence-corrected chi connectivity index (χ1v) is 5.21. The van der Waals surface area contributed by atoms with Crippen LogP contribution >= 0.6 is 0 Å². The molecule has 1 aromatic carbocycles. The Kier molecular flexibility index (Phi) is 3.42. The number of ether oxygens (including phenoxy) is 2. The number of nitrogens with one attached hydrogen (secondary N) is 1. The van der Waals surface area contributed by atoms with Gasteiger partial charge in [0.1, 0.15) is 13.2 Å². The minimum atomic E-state index is -4.20. The van der Waals surface area contributed by atoms with Gasteiger partial charge in [-0.15, -0.1) is 0 Å². The highest BCUT2D eigenvalue weighted by atomic mass is 19.4. The third kappa shape index (κ3) is 3.26. The first-order chi connectivity index (χ1) is 8.06. The van der Waals surface area contributed by atoms with E-state index in [2.05, 4.69) is 5.32 Å². The molecule has 1 aliphatic rings. The molecule has 2 rings (SSSR count). The molecule has 1 N–H and O–H groups in total. The number of hydrogen-bond donors (Lipinski definition) is 1. The molecule has 0 atom stereocenters. The molecule has 0 spiro atoms. The number of hydrogen-bond acceptors (Lipinski definition) is 3. The fraction of sp³-hybridized carbons (Fsp3) is 0.455. The van der Waals surface area contributed by atoms with Crippen LogP contribution in [-0.2, 0) is 6.54 Å². The van der Waals surface area contributed by atoms with Crippen LogP contribution in [0.1, 0.15) is 5.56 Å². The van der Waals surface area contributed by atoms with Crippen molar-refractivity contribution in [1.82, 2.24) is 5.32 Å². The summed E-state index contributed by atoms with van der Waals surface area (Å²) in [5.74, 6) is 1.12. The molecule has 0 amide bonds. The highest BCUT2D eigenvalue weighted by Crippen LogP contribution is 2.33. The Hall–Kier alpha value is -1.43. The highest BCUT2D eigenvalue weighted by Gasteiger charge is 2.26. The van der Waals surface area contributed by atoms with E-state index < -0.39 is 12.7 Å². The quantitative estimate of drug-likeness (QED) is 0.887. The van der Waals surface area contributed by atoms with Gasteiger partial charge in [-0.25, -0.2) is 0 Å². The van der Waals surface area contributed by atoms with Crippen molar-refractivity contribution >= 4 is 0 Å². The smallest absolute Gasteiger partial charge is 0.401 e. The molecule has 1 aliphatic heterocycles. The van der Waals surface area contributed by atoms with Crippen molar-refractivity contribution in [3.63, 3.8) is 0 Å². The summed E-state index contributed by atoms with van der Waals surface area (Å²) in [5.41, 5.74) is 0.673. The molecule has 0 saturated heterocycles. The molecule has 0 unspecified atom stereocenters. The second kappa shape index (κ2) is 4.83. The van der Waals surface area contributed by atoms with Crippen LogP contribution in [0.25, 0.3) is 0 Å². The topological polar surface area (TPSA) is 30.5 Å². The summed E-state index contributed by atoms with van der Waals surface area (Å²) in [6, 6.07) is 5.19. The van der Waals surface area contributed by atoms with Crippen molar-refractivity contribution in [3.8, 4) is 11.5 Å². The normalized spacial score (nSPS) is 14.8. The van der Waals surface area contributed by atoms with Gasteiger partial charge in [-0.1, -0.05) is 12.1 Å². The van der Waals surface area contributed by atoms with Gasteiger partial charge in [0.15, 0.2) is 11.5 Å². The molecule has 1 heterocycles. The lowest BCUT2D eigenvalue weighted by molar-refractivity contribution is -0.125. The lowest BCUT2D eigenvalue weighted by atomic mass is 10.1. The van der Waals surface area contributed by atoms with Crippen LogP contribution in [0.5, 0.6) is 11.5 Å². The van der Waals surface area contributed by atoms with E-state index in [1.165, 1.54) is 0 Å². The number of benzene rings is 1. The van der Waals surface area contributed by atoms with Crippen LogP contribution in [0.15, 0.2) is 18.2 Å². The number of fused-ring (bicyclic) bond motifs is 1. The third-order valence-corrected chi connectivity index (χ3v) is 2.29. The molecule has 3 nitrogen and oxygen atoms in total. The largest absolute Gasteiger partial charge is 0.486 e. The maximum Gasteiger partial charge on any atom is 0.401 e. The lowest BCUT2D eigenvalue weighted by Crippen LogP contribution is -2.28. The van der Waals surface area contributed by atoms with Crippen LogP contribution in [0.3, 0.4) is 0 Å². The molecule has 0 aliphatic carbocycles. The van der Waals surface area contributed by atoms with Crippen LogP contribution in [0.2, 0.25) is 0 Å². The Morgan fingerprint density at radius 2 is 1.94 bits per heavy atom. The molecular formula is C11H12F3NO2. The van der Waals surface area contributed by atoms with Crippen LogP contribution in [-0.4, -0.2) is 25.9 Å². The van der Waals surface area contributed by atoms with Crippen molar-refractivity contribution in [2.75, 3.05) is 19.8 Å². The van der Waals surface area contributed by atoms with E-state index in [4.69, 9.17) is 9.47 Å². The van der Waals surface area contributed by atoms with E-state index >= 15 is 0 Å². The predicted molar refractivity (Wildman–Crippen MR) is 55.2 cm³/mol. The number of para-hydroxylation sites is 1. The first kappa shape index (κ1) is 12.0. The van der Waals surface area contributed by atoms with Crippen molar-refractivity contribution < 1.29 is 22.6 Å². The Morgan fingerprint density at radius 3 is 2.71 bits per heavy atom. The predicted octanol–water partition coefficient (Wildman–Crippen LogP) is 2.11. The number of rotatable bonds is 3. The molecule has 6 heteroatoms. The average molecular weight is 247 g/mol. The van der Waals surface area contributed by atoms with E-state index in [0.717, 1.165) is 0 Å². The highest BCUT2D eigenvalue weighted by molar-refractivity contribution is 5.47. The molecular weight excluding hydrogens is 235 g/mol. The summed E-state index contributed by atoms with van der Waals surface area (Å²) in [6.45, 7) is -0.0285. The Morgan fingerprint density at radius 1 is 1.18 bits per heavy atom. The average Bonchev–Trinajstić information content (AvgIpc) is 2.28. The summed E-state index contributed by atoms with van der Waals surface area (Å²) in [7, 11) is 0. The fourth-order valence-electron chi connectivity index (χ4n) is 1.61. The zero-order valence-electron chi connectivity index (χ0n) is 9.01. The lowest BCUT2D eigenvalue weighted by Gasteiger charge is -2.21. The maximum absolute atomic E-state index is 12.0. The fourth-order valence-corrected chi connectivity index (χ4v) is 1.61. The molecule has 17 heavy (non-hydrogen) atoms. The number of alkyl halides is 3. The van der Waals surface area contributed by atoms with Crippen molar-refractivity contribution in [1.29, 1.82) is 0 Å². The molecule has 1 aromatic rings. The van der Waals surface area contributed by atoms with Gasteiger partial charge in [-0.3, -0.25) is 0 Å². The standard InChI is InChI=1S/C11H12F3NO2/c12-11(13,14)7-15-6-8-2-1-3-9-10(8)17-5-4-16-9/h1-3,15H,4-7H2. The Balaban J connectivity index is 2.01. The van der Waals surface area contributed by atoms with Gasteiger partial charge in [0.2, 0.25) is 0 Å². The minimum Gasteiger partial charge on any atom is -0.486 e. The van der Waals surface area contributed by atoms with Gasteiger partial charge in [0.05, 0.1) is 6.54 Å². The summed E-state index contributed by atoms with van der Waals surface area (Å²) < 4.78 is 46.7. The second-order valence-electron chi connectivity index (χ2n) is 3.66. The van der Waals surface area contributed by atoms with Crippen LogP contribution < -0.4 is 14.8 Å². The van der Waals surface area contributed by atoms with E-state index in [0.29, 0.717) is 30.3 Å². The van der Waals surface area contributed by atoms with E-state index in [-0.39, 0.29) is 6.54 Å². The summed E-state index contributed by atoms with van der Waals surface area (Å²) in [4.78, 5) is 0. The summed E-state index contributed by atoms with van der Waals surface area (Å²) in [6.07, 6.45) is -4.20. The first-order valence-electron chi connectivity index (χ1n) is 5.21. The molecule has 0 aromatic heterocycles. The van der Waals surface area contributed by atoms with Crippen molar-refractivity contribution in [2.45, 2.75) is 12.7 Å². The molecule has 0 radical (unpaired) electrons. The molecule has 94 valence electrons. The van der Waals surface area contributed by atoms with E-state index in [1.807, 2.05) is 0 Å². The molecule has 0 saturated carbocycles. The van der Waals surface area contributed by atoms with Gasteiger partial charge < -0.3 is 14.8 Å². The minimum absolute atomic E-state index is 0.103. The maximum atomic E-state index is 12.0. The molecule has 0 fully saturated rings. The third-order valence-electron chi connectivity index (χ3n) is 2.29. The van der Waals surface area contributed by atoms with Gasteiger partial charge >= 0.3 is 6.18 Å². The van der Waals surface area contributed by atoms with Gasteiger partial charge in [0.25, 0.3) is 0 Å². The van der Waals surface area contributed by atoms with Crippen LogP contribution in [0.4, 0.5) is 13.2 Å². The van der Waals surface area contributed by atoms with Gasteiger partial charge in [0, 0.05) is 12.1 Å². The molecule has 0 bridgehead atoms. The van der Waals surface area contributed by atoms with Gasteiger partial charge in [-0.2, -0.15) is 13.2 Å². The van der Waals surface area contributed by atoms with Crippen molar-refractivity contribution in [3.05, 3.63) is 23.8 Å². The summed E-state index contributed by atoms with van der Waals surface area (Å²) >= 11 is 0. The van der Waals surface area contributed by atoms with E-state index in [9.17, 15) is 13.2 Å². The second-order valence-corrected chi connectivity index (χ2v) is 3.66. The Labute approximate surface area is 96.5 Å². The van der Waals surface area contributed by atoms with Crippen molar-refractivity contribution in [2.24, 2.45) is 0 Å². The summed E-state index contributed by atoms with van der Waals surface area (Å²) in [5, 5.41) is 2.33. The van der Waals surface area contributed by atoms with Crippen LogP contribution in [0, 0.1) is 0 Å². The van der Waals surface area contributed by atoms with Gasteiger partial charge in [-0.05, 0) is 6.07 Å². The number of halogens is 3. The Bertz CT molecular complexity index is 393. The zero-order valence-corrected chi connectivity index (χ0v) is 9.01.